The van der Waals surface area contributed by atoms with Gasteiger partial charge in [-0.05, 0) is 36.1 Å². The number of ether oxygens (including phenoxy) is 1. The van der Waals surface area contributed by atoms with Crippen LogP contribution in [0, 0.1) is 5.92 Å². The zero-order valence-electron chi connectivity index (χ0n) is 19.1. The molecule has 2 atom stereocenters. The van der Waals surface area contributed by atoms with Crippen LogP contribution in [0.3, 0.4) is 0 Å². The Labute approximate surface area is 196 Å². The Morgan fingerprint density at radius 1 is 1.06 bits per heavy atom. The standard InChI is InChI=1S/C25H26N4O5/c1-14(24(31)32)15(2)26-23(30)20-12-29(3)28-22(20)27-25(33)34-13-21-18-10-6-4-8-16(18)17-9-5-7-11-19(17)21/h4-12,14-15,21H,13H2,1-3H3,(H,26,30)(H,31,32)(H,27,28,33). The molecule has 2 amide bonds. The van der Waals surface area contributed by atoms with Crippen LogP contribution >= 0.6 is 0 Å². The third-order valence-electron chi connectivity index (χ3n) is 6.14. The summed E-state index contributed by atoms with van der Waals surface area (Å²) in [6, 6.07) is 15.4. The van der Waals surface area contributed by atoms with E-state index in [0.29, 0.717) is 0 Å². The number of amides is 2. The molecule has 34 heavy (non-hydrogen) atoms. The summed E-state index contributed by atoms with van der Waals surface area (Å²) in [7, 11) is 1.61. The zero-order valence-corrected chi connectivity index (χ0v) is 19.1. The van der Waals surface area contributed by atoms with Crippen molar-refractivity contribution in [1.29, 1.82) is 0 Å². The summed E-state index contributed by atoms with van der Waals surface area (Å²) in [5.41, 5.74) is 4.55. The van der Waals surface area contributed by atoms with Gasteiger partial charge >= 0.3 is 12.1 Å². The fourth-order valence-electron chi connectivity index (χ4n) is 4.10. The third kappa shape index (κ3) is 4.50. The van der Waals surface area contributed by atoms with Gasteiger partial charge in [0, 0.05) is 25.2 Å². The molecule has 1 aliphatic carbocycles. The summed E-state index contributed by atoms with van der Waals surface area (Å²) in [6.07, 6.45) is 0.716. The summed E-state index contributed by atoms with van der Waals surface area (Å²) in [6.45, 7) is 3.24. The Bertz CT molecular complexity index is 1210. The van der Waals surface area contributed by atoms with E-state index in [1.807, 2.05) is 36.4 Å². The number of aliphatic carboxylic acids is 1. The van der Waals surface area contributed by atoms with Crippen molar-refractivity contribution in [2.45, 2.75) is 25.8 Å². The number of hydrogen-bond acceptors (Lipinski definition) is 5. The Balaban J connectivity index is 1.44. The van der Waals surface area contributed by atoms with E-state index >= 15 is 0 Å². The summed E-state index contributed by atoms with van der Waals surface area (Å²) < 4.78 is 6.92. The van der Waals surface area contributed by atoms with Gasteiger partial charge in [-0.25, -0.2) is 4.79 Å². The number of rotatable bonds is 7. The summed E-state index contributed by atoms with van der Waals surface area (Å²) >= 11 is 0. The molecule has 1 heterocycles. The Morgan fingerprint density at radius 3 is 2.24 bits per heavy atom. The predicted octanol–water partition coefficient (Wildman–Crippen LogP) is 3.62. The molecule has 0 spiro atoms. The van der Waals surface area contributed by atoms with Gasteiger partial charge in [-0.1, -0.05) is 48.5 Å². The fourth-order valence-corrected chi connectivity index (χ4v) is 4.10. The average molecular weight is 463 g/mol. The van der Waals surface area contributed by atoms with Gasteiger partial charge in [0.2, 0.25) is 0 Å². The number of hydrogen-bond donors (Lipinski definition) is 3. The highest BCUT2D eigenvalue weighted by atomic mass is 16.5. The van der Waals surface area contributed by atoms with Gasteiger partial charge < -0.3 is 15.2 Å². The maximum atomic E-state index is 12.7. The molecule has 3 aromatic rings. The highest BCUT2D eigenvalue weighted by molar-refractivity contribution is 6.01. The Kier molecular flexibility index (Phi) is 6.36. The molecule has 0 saturated heterocycles. The van der Waals surface area contributed by atoms with Crippen molar-refractivity contribution in [3.8, 4) is 11.1 Å². The molecular weight excluding hydrogens is 436 g/mol. The second-order valence-electron chi connectivity index (χ2n) is 8.40. The smallest absolute Gasteiger partial charge is 0.412 e. The number of fused-ring (bicyclic) bond motifs is 3. The van der Waals surface area contributed by atoms with E-state index in [2.05, 4.69) is 27.9 Å². The number of nitrogens with zero attached hydrogens (tertiary/aromatic N) is 2. The van der Waals surface area contributed by atoms with Crippen LogP contribution in [0.5, 0.6) is 0 Å². The van der Waals surface area contributed by atoms with Crippen LogP contribution < -0.4 is 10.6 Å². The molecule has 176 valence electrons. The molecule has 3 N–H and O–H groups in total. The molecule has 2 unspecified atom stereocenters. The topological polar surface area (TPSA) is 123 Å². The number of benzene rings is 2. The SMILES string of the molecule is CC(NC(=O)c1cn(C)nc1NC(=O)OCC1c2ccccc2-c2ccccc21)C(C)C(=O)O. The van der Waals surface area contributed by atoms with Crippen molar-refractivity contribution in [3.05, 3.63) is 71.4 Å². The van der Waals surface area contributed by atoms with Gasteiger partial charge in [0.1, 0.15) is 12.2 Å². The predicted molar refractivity (Wildman–Crippen MR) is 126 cm³/mol. The number of nitrogens with one attached hydrogen (secondary N) is 2. The largest absolute Gasteiger partial charge is 0.481 e. The van der Waals surface area contributed by atoms with Gasteiger partial charge in [-0.3, -0.25) is 19.6 Å². The summed E-state index contributed by atoms with van der Waals surface area (Å²) in [4.78, 5) is 36.5. The first-order valence-electron chi connectivity index (χ1n) is 11.0. The van der Waals surface area contributed by atoms with Crippen molar-refractivity contribution in [1.82, 2.24) is 15.1 Å². The van der Waals surface area contributed by atoms with E-state index < -0.39 is 29.9 Å². The lowest BCUT2D eigenvalue weighted by Crippen LogP contribution is -2.40. The van der Waals surface area contributed by atoms with Crippen molar-refractivity contribution < 1.29 is 24.2 Å². The molecule has 0 bridgehead atoms. The molecular formula is C25H26N4O5. The van der Waals surface area contributed by atoms with Crippen LogP contribution in [0.4, 0.5) is 10.6 Å². The Hall–Kier alpha value is -4.14. The number of aromatic nitrogens is 2. The summed E-state index contributed by atoms with van der Waals surface area (Å²) in [5, 5.41) is 18.5. The van der Waals surface area contributed by atoms with Crippen LogP contribution in [0.15, 0.2) is 54.7 Å². The molecule has 0 radical (unpaired) electrons. The van der Waals surface area contributed by atoms with Gasteiger partial charge in [-0.15, -0.1) is 0 Å². The number of carbonyl (C=O) groups excluding carboxylic acids is 2. The van der Waals surface area contributed by atoms with E-state index in [9.17, 15) is 14.4 Å². The number of anilines is 1. The van der Waals surface area contributed by atoms with Crippen molar-refractivity contribution in [3.63, 3.8) is 0 Å². The van der Waals surface area contributed by atoms with Crippen LogP contribution in [0.2, 0.25) is 0 Å². The highest BCUT2D eigenvalue weighted by Gasteiger charge is 2.29. The van der Waals surface area contributed by atoms with Crippen molar-refractivity contribution in [2.75, 3.05) is 11.9 Å². The maximum Gasteiger partial charge on any atom is 0.412 e. The first kappa shape index (κ1) is 23.0. The molecule has 0 fully saturated rings. The second kappa shape index (κ2) is 9.38. The third-order valence-corrected chi connectivity index (χ3v) is 6.14. The molecule has 9 heteroatoms. The van der Waals surface area contributed by atoms with Crippen LogP contribution in [0.25, 0.3) is 11.1 Å². The lowest BCUT2D eigenvalue weighted by molar-refractivity contribution is -0.141. The molecule has 2 aromatic carbocycles. The first-order chi connectivity index (χ1) is 16.3. The molecule has 4 rings (SSSR count). The normalized spacial score (nSPS) is 14.0. The van der Waals surface area contributed by atoms with Crippen LogP contribution in [-0.2, 0) is 16.6 Å². The molecule has 0 saturated carbocycles. The zero-order chi connectivity index (χ0) is 24.4. The Morgan fingerprint density at radius 2 is 1.65 bits per heavy atom. The first-order valence-corrected chi connectivity index (χ1v) is 11.0. The highest BCUT2D eigenvalue weighted by Crippen LogP contribution is 2.44. The quantitative estimate of drug-likeness (QED) is 0.493. The van der Waals surface area contributed by atoms with E-state index in [0.717, 1.165) is 22.3 Å². The minimum Gasteiger partial charge on any atom is -0.481 e. The monoisotopic (exact) mass is 462 g/mol. The summed E-state index contributed by atoms with van der Waals surface area (Å²) in [5.74, 6) is -2.40. The van der Waals surface area contributed by atoms with E-state index in [4.69, 9.17) is 9.84 Å². The lowest BCUT2D eigenvalue weighted by Gasteiger charge is -2.17. The van der Waals surface area contributed by atoms with Crippen LogP contribution in [0.1, 0.15) is 41.3 Å². The molecule has 1 aliphatic rings. The second-order valence-corrected chi connectivity index (χ2v) is 8.40. The number of carboxylic acid groups (broad SMARTS) is 1. The van der Waals surface area contributed by atoms with Crippen molar-refractivity contribution in [2.24, 2.45) is 13.0 Å². The van der Waals surface area contributed by atoms with E-state index in [-0.39, 0.29) is 23.9 Å². The average Bonchev–Trinajstić information content (AvgIpc) is 3.34. The van der Waals surface area contributed by atoms with E-state index in [1.165, 1.54) is 17.8 Å². The minimum absolute atomic E-state index is 0.0346. The van der Waals surface area contributed by atoms with Gasteiger partial charge in [0.05, 0.1) is 5.92 Å². The van der Waals surface area contributed by atoms with Gasteiger partial charge in [0.15, 0.2) is 5.82 Å². The number of carboxylic acids is 1. The van der Waals surface area contributed by atoms with Crippen LogP contribution in [-0.4, -0.2) is 45.5 Å². The maximum absolute atomic E-state index is 12.7. The van der Waals surface area contributed by atoms with Gasteiger partial charge in [0.25, 0.3) is 5.91 Å². The minimum atomic E-state index is -1.02. The van der Waals surface area contributed by atoms with Gasteiger partial charge in [-0.2, -0.15) is 5.10 Å². The lowest BCUT2D eigenvalue weighted by atomic mass is 9.98. The molecule has 9 nitrogen and oxygen atoms in total. The molecule has 1 aromatic heterocycles. The molecule has 0 aliphatic heterocycles. The number of aryl methyl sites for hydroxylation is 1. The fraction of sp³-hybridized carbons (Fsp3) is 0.280. The van der Waals surface area contributed by atoms with E-state index in [1.54, 1.807) is 14.0 Å². The van der Waals surface area contributed by atoms with Crippen molar-refractivity contribution >= 4 is 23.8 Å². The number of carbonyl (C=O) groups is 3.